The number of thiazole rings is 1. The molecule has 0 aliphatic rings. The van der Waals surface area contributed by atoms with E-state index in [0.717, 1.165) is 28.1 Å². The van der Waals surface area contributed by atoms with Crippen molar-refractivity contribution in [2.45, 2.75) is 34.2 Å². The van der Waals surface area contributed by atoms with E-state index in [2.05, 4.69) is 33.4 Å². The fourth-order valence-corrected chi connectivity index (χ4v) is 3.29. The standard InChI is InChI=1S/C14H17N5S/c1-7-8(2)19(6-11-5-16-10(4)20-11)14-12(7)13(15)17-9(3)18-14/h5H,6H2,1-4H3,(H2,15,17,18). The van der Waals surface area contributed by atoms with E-state index in [-0.39, 0.29) is 0 Å². The first-order valence-electron chi connectivity index (χ1n) is 6.48. The van der Waals surface area contributed by atoms with Crippen molar-refractivity contribution in [3.63, 3.8) is 0 Å². The van der Waals surface area contributed by atoms with Gasteiger partial charge in [-0.3, -0.25) is 0 Å². The molecule has 0 aliphatic heterocycles. The second-order valence-corrected chi connectivity index (χ2v) is 6.32. The van der Waals surface area contributed by atoms with Crippen LogP contribution in [0.15, 0.2) is 6.20 Å². The molecule has 0 amide bonds. The lowest BCUT2D eigenvalue weighted by atomic mass is 10.2. The van der Waals surface area contributed by atoms with Crippen molar-refractivity contribution in [1.29, 1.82) is 0 Å². The number of hydrogen-bond donors (Lipinski definition) is 1. The van der Waals surface area contributed by atoms with Crippen molar-refractivity contribution in [1.82, 2.24) is 19.5 Å². The van der Waals surface area contributed by atoms with Crippen LogP contribution in [0.4, 0.5) is 5.82 Å². The van der Waals surface area contributed by atoms with E-state index < -0.39 is 0 Å². The summed E-state index contributed by atoms with van der Waals surface area (Å²) in [5.41, 5.74) is 9.31. The summed E-state index contributed by atoms with van der Waals surface area (Å²) in [6.45, 7) is 8.83. The summed E-state index contributed by atoms with van der Waals surface area (Å²) >= 11 is 1.71. The molecule has 2 N–H and O–H groups in total. The van der Waals surface area contributed by atoms with Crippen LogP contribution in [0.2, 0.25) is 0 Å². The molecule has 5 nitrogen and oxygen atoms in total. The molecule has 0 bridgehead atoms. The zero-order chi connectivity index (χ0) is 14.4. The van der Waals surface area contributed by atoms with Crippen molar-refractivity contribution in [2.75, 3.05) is 5.73 Å². The minimum absolute atomic E-state index is 0.562. The van der Waals surface area contributed by atoms with Crippen LogP contribution in [0.1, 0.15) is 27.0 Å². The van der Waals surface area contributed by atoms with Crippen LogP contribution in [-0.4, -0.2) is 19.5 Å². The zero-order valence-electron chi connectivity index (χ0n) is 12.1. The van der Waals surface area contributed by atoms with E-state index in [9.17, 15) is 0 Å². The van der Waals surface area contributed by atoms with Crippen LogP contribution in [-0.2, 0) is 6.54 Å². The molecule has 3 aromatic heterocycles. The molecule has 0 radical (unpaired) electrons. The lowest BCUT2D eigenvalue weighted by molar-refractivity contribution is 0.797. The van der Waals surface area contributed by atoms with Crippen LogP contribution in [0.5, 0.6) is 0 Å². The molecule has 3 aromatic rings. The van der Waals surface area contributed by atoms with Crippen molar-refractivity contribution < 1.29 is 0 Å². The maximum absolute atomic E-state index is 6.06. The Morgan fingerprint density at radius 3 is 2.60 bits per heavy atom. The normalized spacial score (nSPS) is 11.4. The number of nitrogens with two attached hydrogens (primary N) is 1. The number of fused-ring (bicyclic) bond motifs is 1. The summed E-state index contributed by atoms with van der Waals surface area (Å²) in [6, 6.07) is 0. The molecule has 0 atom stereocenters. The number of rotatable bonds is 2. The predicted octanol–water partition coefficient (Wildman–Crippen LogP) is 2.75. The quantitative estimate of drug-likeness (QED) is 0.787. The first kappa shape index (κ1) is 13.1. The highest BCUT2D eigenvalue weighted by atomic mass is 32.1. The SMILES string of the molecule is Cc1nc(N)c2c(C)c(C)n(Cc3cnc(C)s3)c2n1. The zero-order valence-corrected chi connectivity index (χ0v) is 12.9. The van der Waals surface area contributed by atoms with Gasteiger partial charge in [-0.15, -0.1) is 11.3 Å². The maximum atomic E-state index is 6.06. The highest BCUT2D eigenvalue weighted by Crippen LogP contribution is 2.29. The minimum Gasteiger partial charge on any atom is -0.383 e. The molecule has 0 fully saturated rings. The predicted molar refractivity (Wildman–Crippen MR) is 82.1 cm³/mol. The Morgan fingerprint density at radius 1 is 1.20 bits per heavy atom. The molecule has 0 aliphatic carbocycles. The van der Waals surface area contributed by atoms with Gasteiger partial charge in [0.15, 0.2) is 0 Å². The van der Waals surface area contributed by atoms with Gasteiger partial charge in [-0.2, -0.15) is 0 Å². The Balaban J connectivity index is 2.22. The average molecular weight is 287 g/mol. The Hall–Kier alpha value is -1.95. The van der Waals surface area contributed by atoms with Gasteiger partial charge in [-0.1, -0.05) is 0 Å². The molecular formula is C14H17N5S. The number of nitrogen functional groups attached to an aromatic ring is 1. The second kappa shape index (κ2) is 4.56. The average Bonchev–Trinajstić information content (AvgIpc) is 2.87. The number of hydrogen-bond acceptors (Lipinski definition) is 5. The lowest BCUT2D eigenvalue weighted by Crippen LogP contribution is -2.03. The summed E-state index contributed by atoms with van der Waals surface area (Å²) in [4.78, 5) is 14.4. The van der Waals surface area contributed by atoms with Crippen molar-refractivity contribution >= 4 is 28.2 Å². The van der Waals surface area contributed by atoms with E-state index in [1.54, 1.807) is 11.3 Å². The van der Waals surface area contributed by atoms with Crippen LogP contribution in [0.25, 0.3) is 11.0 Å². The van der Waals surface area contributed by atoms with Gasteiger partial charge < -0.3 is 10.3 Å². The molecule has 0 saturated heterocycles. The molecular weight excluding hydrogens is 270 g/mol. The van der Waals surface area contributed by atoms with E-state index in [4.69, 9.17) is 5.73 Å². The molecule has 6 heteroatoms. The van der Waals surface area contributed by atoms with E-state index >= 15 is 0 Å². The summed E-state index contributed by atoms with van der Waals surface area (Å²) in [7, 11) is 0. The molecule has 0 aromatic carbocycles. The third kappa shape index (κ3) is 1.96. The number of aryl methyl sites for hydroxylation is 3. The van der Waals surface area contributed by atoms with Gasteiger partial charge in [0, 0.05) is 16.8 Å². The first-order valence-corrected chi connectivity index (χ1v) is 7.30. The molecule has 104 valence electrons. The maximum Gasteiger partial charge on any atom is 0.146 e. The summed E-state index contributed by atoms with van der Waals surface area (Å²) < 4.78 is 2.20. The van der Waals surface area contributed by atoms with E-state index in [1.807, 2.05) is 20.0 Å². The lowest BCUT2D eigenvalue weighted by Gasteiger charge is -2.06. The molecule has 0 spiro atoms. The molecule has 0 unspecified atom stereocenters. The largest absolute Gasteiger partial charge is 0.383 e. The molecule has 20 heavy (non-hydrogen) atoms. The van der Waals surface area contributed by atoms with Crippen molar-refractivity contribution in [3.8, 4) is 0 Å². The van der Waals surface area contributed by atoms with Gasteiger partial charge in [-0.25, -0.2) is 15.0 Å². The van der Waals surface area contributed by atoms with Gasteiger partial charge >= 0.3 is 0 Å². The Kier molecular flexibility index (Phi) is 2.97. The molecule has 0 saturated carbocycles. The van der Waals surface area contributed by atoms with Gasteiger partial charge in [-0.05, 0) is 33.3 Å². The van der Waals surface area contributed by atoms with Gasteiger partial charge in [0.2, 0.25) is 0 Å². The number of nitrogens with zero attached hydrogens (tertiary/aromatic N) is 4. The summed E-state index contributed by atoms with van der Waals surface area (Å²) in [5, 5.41) is 2.05. The third-order valence-electron chi connectivity index (χ3n) is 3.59. The summed E-state index contributed by atoms with van der Waals surface area (Å²) in [5.74, 6) is 1.27. The monoisotopic (exact) mass is 287 g/mol. The second-order valence-electron chi connectivity index (χ2n) is 5.00. The minimum atomic E-state index is 0.562. The van der Waals surface area contributed by atoms with Crippen molar-refractivity contribution in [3.05, 3.63) is 33.2 Å². The Labute approximate surface area is 121 Å². The van der Waals surface area contributed by atoms with E-state index in [1.165, 1.54) is 10.6 Å². The van der Waals surface area contributed by atoms with E-state index in [0.29, 0.717) is 11.6 Å². The fraction of sp³-hybridized carbons (Fsp3) is 0.357. The van der Waals surface area contributed by atoms with Gasteiger partial charge in [0.05, 0.1) is 16.9 Å². The highest BCUT2D eigenvalue weighted by molar-refractivity contribution is 7.11. The first-order chi connectivity index (χ1) is 9.47. The Bertz CT molecular complexity index is 800. The fourth-order valence-electron chi connectivity index (χ4n) is 2.50. The molecule has 3 rings (SSSR count). The van der Waals surface area contributed by atoms with Gasteiger partial charge in [0.25, 0.3) is 0 Å². The number of aromatic nitrogens is 4. The van der Waals surface area contributed by atoms with Crippen LogP contribution in [0.3, 0.4) is 0 Å². The highest BCUT2D eigenvalue weighted by Gasteiger charge is 2.16. The number of anilines is 1. The van der Waals surface area contributed by atoms with Crippen molar-refractivity contribution in [2.24, 2.45) is 0 Å². The van der Waals surface area contributed by atoms with Crippen LogP contribution < -0.4 is 5.73 Å². The topological polar surface area (TPSA) is 69.6 Å². The summed E-state index contributed by atoms with van der Waals surface area (Å²) in [6.07, 6.45) is 1.93. The smallest absolute Gasteiger partial charge is 0.146 e. The molecule has 3 heterocycles. The van der Waals surface area contributed by atoms with Crippen LogP contribution >= 0.6 is 11.3 Å². The van der Waals surface area contributed by atoms with Crippen LogP contribution in [0, 0.1) is 27.7 Å². The third-order valence-corrected chi connectivity index (χ3v) is 4.49. The Morgan fingerprint density at radius 2 is 1.95 bits per heavy atom. The van der Waals surface area contributed by atoms with Gasteiger partial charge in [0.1, 0.15) is 17.3 Å².